The van der Waals surface area contributed by atoms with Crippen molar-refractivity contribution in [1.82, 2.24) is 0 Å². The van der Waals surface area contributed by atoms with Gasteiger partial charge in [-0.3, -0.25) is 0 Å². The molecule has 0 aliphatic rings. The van der Waals surface area contributed by atoms with Gasteiger partial charge in [-0.25, -0.2) is 0 Å². The summed E-state index contributed by atoms with van der Waals surface area (Å²) in [4.78, 5) is 1.24. The Balaban J connectivity index is 3.02. The smallest absolute Gasteiger partial charge is 0.361 e. The van der Waals surface area contributed by atoms with Crippen molar-refractivity contribution in [1.29, 1.82) is 0 Å². The highest BCUT2D eigenvalue weighted by Gasteiger charge is 2.31. The van der Waals surface area contributed by atoms with Crippen LogP contribution < -0.4 is 10.6 Å². The lowest BCUT2D eigenvalue weighted by molar-refractivity contribution is -0.119. The molecule has 0 aromatic heterocycles. The van der Waals surface area contributed by atoms with Crippen LogP contribution in [0.15, 0.2) is 18.2 Å². The molecule has 1 rings (SSSR count). The summed E-state index contributed by atoms with van der Waals surface area (Å²) in [7, 11) is 0. The Hall–Kier alpha value is -0.940. The van der Waals surface area contributed by atoms with Gasteiger partial charge in [0, 0.05) is 12.6 Å². The van der Waals surface area contributed by atoms with E-state index in [-0.39, 0.29) is 6.04 Å². The minimum absolute atomic E-state index is 0.200. The van der Waals surface area contributed by atoms with E-state index in [9.17, 15) is 13.2 Å². The number of anilines is 1. The summed E-state index contributed by atoms with van der Waals surface area (Å²) in [6.07, 6.45) is -3.64. The first-order valence-corrected chi connectivity index (χ1v) is 6.49. The van der Waals surface area contributed by atoms with Gasteiger partial charge >= 0.3 is 6.18 Å². The van der Waals surface area contributed by atoms with E-state index in [0.717, 1.165) is 5.56 Å². The van der Waals surface area contributed by atoms with E-state index in [2.05, 4.69) is 0 Å². The monoisotopic (exact) mass is 294 g/mol. The number of halogens is 4. The number of nitrogens with two attached hydrogens (primary N) is 1. The number of hydrogen-bond donors (Lipinski definition) is 1. The van der Waals surface area contributed by atoms with Gasteiger partial charge in [0.25, 0.3) is 0 Å². The third-order valence-corrected chi connectivity index (χ3v) is 3.00. The van der Waals surface area contributed by atoms with Crippen molar-refractivity contribution in [2.45, 2.75) is 32.5 Å². The van der Waals surface area contributed by atoms with Crippen LogP contribution in [0.5, 0.6) is 0 Å². The molecule has 0 spiro atoms. The number of alkyl halides is 3. The highest BCUT2D eigenvalue weighted by molar-refractivity contribution is 6.33. The van der Waals surface area contributed by atoms with E-state index >= 15 is 0 Å². The summed E-state index contributed by atoms with van der Waals surface area (Å²) < 4.78 is 37.6. The van der Waals surface area contributed by atoms with Crippen molar-refractivity contribution in [2.75, 3.05) is 18.0 Å². The molecule has 0 saturated carbocycles. The van der Waals surface area contributed by atoms with Crippen LogP contribution in [0.2, 0.25) is 5.02 Å². The van der Waals surface area contributed by atoms with Crippen LogP contribution in [0, 0.1) is 0 Å². The van der Waals surface area contributed by atoms with Gasteiger partial charge < -0.3 is 10.6 Å². The van der Waals surface area contributed by atoms with Gasteiger partial charge in [-0.1, -0.05) is 24.6 Å². The van der Waals surface area contributed by atoms with E-state index in [1.807, 2.05) is 6.92 Å². The Morgan fingerprint density at radius 2 is 2.00 bits per heavy atom. The molecule has 0 amide bonds. The van der Waals surface area contributed by atoms with Crippen LogP contribution in [0.4, 0.5) is 18.9 Å². The summed E-state index contributed by atoms with van der Waals surface area (Å²) in [6.45, 7) is 2.92. The summed E-state index contributed by atoms with van der Waals surface area (Å²) in [5, 5.41) is 0.299. The SMILES string of the molecule is CCCN(CC(F)(F)F)c1ccc([C@H](C)N)cc1Cl. The minimum atomic E-state index is -4.25. The molecule has 0 bridgehead atoms. The lowest BCUT2D eigenvalue weighted by Crippen LogP contribution is -2.35. The number of nitrogens with zero attached hydrogens (tertiary/aromatic N) is 1. The van der Waals surface area contributed by atoms with Crippen LogP contribution in [0.25, 0.3) is 0 Å². The molecule has 1 atom stereocenters. The average Bonchev–Trinajstić information content (AvgIpc) is 2.26. The zero-order valence-corrected chi connectivity index (χ0v) is 11.7. The Bertz CT molecular complexity index is 419. The van der Waals surface area contributed by atoms with Gasteiger partial charge in [-0.15, -0.1) is 0 Å². The van der Waals surface area contributed by atoms with Gasteiger partial charge in [0.2, 0.25) is 0 Å². The summed E-state index contributed by atoms with van der Waals surface area (Å²) in [6, 6.07) is 4.74. The van der Waals surface area contributed by atoms with Gasteiger partial charge in [0.1, 0.15) is 6.54 Å². The minimum Gasteiger partial charge on any atom is -0.361 e. The largest absolute Gasteiger partial charge is 0.405 e. The Morgan fingerprint density at radius 1 is 1.37 bits per heavy atom. The van der Waals surface area contributed by atoms with E-state index in [0.29, 0.717) is 23.7 Å². The molecule has 108 valence electrons. The van der Waals surface area contributed by atoms with Crippen LogP contribution in [-0.2, 0) is 0 Å². The van der Waals surface area contributed by atoms with Crippen molar-refractivity contribution >= 4 is 17.3 Å². The van der Waals surface area contributed by atoms with E-state index in [1.165, 1.54) is 4.90 Å². The fraction of sp³-hybridized carbons (Fsp3) is 0.538. The second-order valence-electron chi connectivity index (χ2n) is 4.54. The number of hydrogen-bond acceptors (Lipinski definition) is 2. The molecule has 0 saturated heterocycles. The molecule has 1 aromatic carbocycles. The second kappa shape index (κ2) is 6.48. The van der Waals surface area contributed by atoms with Crippen LogP contribution >= 0.6 is 11.6 Å². The highest BCUT2D eigenvalue weighted by Crippen LogP contribution is 2.31. The number of rotatable bonds is 5. The summed E-state index contributed by atoms with van der Waals surface area (Å²) in [5.41, 5.74) is 6.91. The number of benzene rings is 1. The normalized spacial score (nSPS) is 13.4. The lowest BCUT2D eigenvalue weighted by Gasteiger charge is -2.27. The van der Waals surface area contributed by atoms with Crippen molar-refractivity contribution in [3.05, 3.63) is 28.8 Å². The quantitative estimate of drug-likeness (QED) is 0.884. The fourth-order valence-corrected chi connectivity index (χ4v) is 2.14. The van der Waals surface area contributed by atoms with Crippen molar-refractivity contribution in [3.63, 3.8) is 0 Å². The van der Waals surface area contributed by atoms with Crippen LogP contribution in [-0.4, -0.2) is 19.3 Å². The van der Waals surface area contributed by atoms with Gasteiger partial charge in [-0.2, -0.15) is 13.2 Å². The first kappa shape index (κ1) is 16.1. The molecule has 0 radical (unpaired) electrons. The average molecular weight is 295 g/mol. The molecule has 2 N–H and O–H groups in total. The molecule has 2 nitrogen and oxygen atoms in total. The van der Waals surface area contributed by atoms with Gasteiger partial charge in [0.05, 0.1) is 10.7 Å². The molecule has 0 unspecified atom stereocenters. The second-order valence-corrected chi connectivity index (χ2v) is 4.94. The topological polar surface area (TPSA) is 29.3 Å². The third kappa shape index (κ3) is 4.91. The lowest BCUT2D eigenvalue weighted by atomic mass is 10.1. The predicted octanol–water partition coefficient (Wildman–Crippen LogP) is 4.14. The van der Waals surface area contributed by atoms with Crippen LogP contribution in [0.1, 0.15) is 31.9 Å². The van der Waals surface area contributed by atoms with E-state index in [4.69, 9.17) is 17.3 Å². The zero-order chi connectivity index (χ0) is 14.6. The Kier molecular flexibility index (Phi) is 5.50. The Labute approximate surface area is 116 Å². The first-order chi connectivity index (χ1) is 8.74. The third-order valence-electron chi connectivity index (χ3n) is 2.70. The molecule has 0 aliphatic carbocycles. The molecule has 0 fully saturated rings. The van der Waals surface area contributed by atoms with Crippen molar-refractivity contribution in [3.8, 4) is 0 Å². The Morgan fingerprint density at radius 3 is 2.42 bits per heavy atom. The molecule has 6 heteroatoms. The highest BCUT2D eigenvalue weighted by atomic mass is 35.5. The molecule has 0 aliphatic heterocycles. The van der Waals surface area contributed by atoms with E-state index in [1.54, 1.807) is 25.1 Å². The van der Waals surface area contributed by atoms with Gasteiger partial charge in [-0.05, 0) is 31.0 Å². The van der Waals surface area contributed by atoms with Crippen molar-refractivity contribution < 1.29 is 13.2 Å². The van der Waals surface area contributed by atoms with Crippen molar-refractivity contribution in [2.24, 2.45) is 5.73 Å². The summed E-state index contributed by atoms with van der Waals surface area (Å²) in [5.74, 6) is 0. The maximum absolute atomic E-state index is 12.5. The predicted molar refractivity (Wildman–Crippen MR) is 72.6 cm³/mol. The molecular weight excluding hydrogens is 277 g/mol. The standard InChI is InChI=1S/C13H18ClF3N2/c1-3-6-19(8-13(15,16)17)12-5-4-10(9(2)18)7-11(12)14/h4-5,7,9H,3,6,8,18H2,1-2H3/t9-/m0/s1. The molecule has 0 heterocycles. The molecule has 1 aromatic rings. The molecular formula is C13H18ClF3N2. The fourth-order valence-electron chi connectivity index (χ4n) is 1.83. The summed E-state index contributed by atoms with van der Waals surface area (Å²) >= 11 is 6.07. The first-order valence-electron chi connectivity index (χ1n) is 6.11. The zero-order valence-electron chi connectivity index (χ0n) is 11.0. The maximum atomic E-state index is 12.5. The van der Waals surface area contributed by atoms with Gasteiger partial charge in [0.15, 0.2) is 0 Å². The molecule has 19 heavy (non-hydrogen) atoms. The van der Waals surface area contributed by atoms with Crippen LogP contribution in [0.3, 0.4) is 0 Å². The van der Waals surface area contributed by atoms with E-state index < -0.39 is 12.7 Å². The maximum Gasteiger partial charge on any atom is 0.405 e.